The van der Waals surface area contributed by atoms with Crippen LogP contribution >= 0.6 is 11.3 Å². The lowest BCUT2D eigenvalue weighted by Crippen LogP contribution is -2.25. The van der Waals surface area contributed by atoms with Gasteiger partial charge in [-0.05, 0) is 42.2 Å². The van der Waals surface area contributed by atoms with E-state index in [-0.39, 0.29) is 18.4 Å². The summed E-state index contributed by atoms with van der Waals surface area (Å²) in [5.41, 5.74) is 1.11. The molecule has 4 nitrogen and oxygen atoms in total. The van der Waals surface area contributed by atoms with Crippen molar-refractivity contribution in [1.29, 1.82) is 0 Å². The smallest absolute Gasteiger partial charge is 0.303 e. The van der Waals surface area contributed by atoms with Crippen LogP contribution in [0.25, 0.3) is 0 Å². The van der Waals surface area contributed by atoms with Crippen LogP contribution in [0.4, 0.5) is 0 Å². The first-order chi connectivity index (χ1) is 8.09. The molecule has 1 aromatic rings. The summed E-state index contributed by atoms with van der Waals surface area (Å²) in [5.74, 6) is -0.828. The van der Waals surface area contributed by atoms with E-state index in [1.165, 1.54) is 0 Å². The first-order valence-corrected chi connectivity index (χ1v) is 6.57. The van der Waals surface area contributed by atoms with Crippen LogP contribution in [0, 0.1) is 0 Å². The van der Waals surface area contributed by atoms with Crippen LogP contribution in [0.1, 0.15) is 44.2 Å². The summed E-state index contributed by atoms with van der Waals surface area (Å²) in [7, 11) is 0. The second-order valence-electron chi connectivity index (χ2n) is 3.95. The highest BCUT2D eigenvalue weighted by atomic mass is 32.1. The van der Waals surface area contributed by atoms with E-state index in [0.717, 1.165) is 5.56 Å². The molecule has 1 heterocycles. The number of hydrogen-bond donors (Lipinski definition) is 2. The number of aliphatic carboxylic acids is 1. The Hall–Kier alpha value is -1.36. The number of unbranched alkanes of at least 4 members (excludes halogenated alkanes) is 1. The second-order valence-corrected chi connectivity index (χ2v) is 4.73. The standard InChI is InChI=1S/C12H17NO3S/c1-9(10-6-7-17-8-10)13-11(14)4-2-3-5-12(15)16/h6-9H,2-5H2,1H3,(H,13,14)(H,15,16). The zero-order valence-electron chi connectivity index (χ0n) is 9.81. The Morgan fingerprint density at radius 1 is 1.41 bits per heavy atom. The predicted octanol–water partition coefficient (Wildman–Crippen LogP) is 2.57. The number of carbonyl (C=O) groups is 2. The number of amides is 1. The monoisotopic (exact) mass is 255 g/mol. The normalized spacial score (nSPS) is 12.1. The van der Waals surface area contributed by atoms with Crippen molar-refractivity contribution in [1.82, 2.24) is 5.32 Å². The molecule has 0 aliphatic carbocycles. The highest BCUT2D eigenvalue weighted by Gasteiger charge is 2.09. The number of carboxylic acids is 1. The lowest BCUT2D eigenvalue weighted by molar-refractivity contribution is -0.137. The van der Waals surface area contributed by atoms with Gasteiger partial charge in [-0.25, -0.2) is 0 Å². The minimum absolute atomic E-state index is 0.0194. The molecule has 2 N–H and O–H groups in total. The molecule has 0 radical (unpaired) electrons. The van der Waals surface area contributed by atoms with Gasteiger partial charge in [-0.15, -0.1) is 0 Å². The van der Waals surface area contributed by atoms with Crippen molar-refractivity contribution in [2.75, 3.05) is 0 Å². The van der Waals surface area contributed by atoms with Gasteiger partial charge in [0.2, 0.25) is 5.91 Å². The molecule has 0 saturated carbocycles. The zero-order chi connectivity index (χ0) is 12.7. The molecule has 5 heteroatoms. The van der Waals surface area contributed by atoms with Crippen LogP contribution in [0.3, 0.4) is 0 Å². The summed E-state index contributed by atoms with van der Waals surface area (Å²) in [6.45, 7) is 1.94. The fraction of sp³-hybridized carbons (Fsp3) is 0.500. The Morgan fingerprint density at radius 3 is 2.71 bits per heavy atom. The van der Waals surface area contributed by atoms with E-state index in [0.29, 0.717) is 19.3 Å². The molecule has 17 heavy (non-hydrogen) atoms. The molecule has 0 aromatic carbocycles. The summed E-state index contributed by atoms with van der Waals surface area (Å²) >= 11 is 1.60. The molecule has 0 saturated heterocycles. The van der Waals surface area contributed by atoms with E-state index in [2.05, 4.69) is 5.32 Å². The molecule has 0 bridgehead atoms. The Morgan fingerprint density at radius 2 is 2.12 bits per heavy atom. The van der Waals surface area contributed by atoms with Crippen molar-refractivity contribution < 1.29 is 14.7 Å². The van der Waals surface area contributed by atoms with Crippen molar-refractivity contribution in [2.45, 2.75) is 38.6 Å². The third-order valence-electron chi connectivity index (χ3n) is 2.47. The minimum Gasteiger partial charge on any atom is -0.481 e. The average Bonchev–Trinajstić information content (AvgIpc) is 2.77. The van der Waals surface area contributed by atoms with E-state index in [9.17, 15) is 9.59 Å². The number of rotatable bonds is 7. The van der Waals surface area contributed by atoms with Crippen LogP contribution in [0.2, 0.25) is 0 Å². The molecule has 0 fully saturated rings. The molecular weight excluding hydrogens is 238 g/mol. The van der Waals surface area contributed by atoms with Gasteiger partial charge in [0.1, 0.15) is 0 Å². The third-order valence-corrected chi connectivity index (χ3v) is 3.17. The topological polar surface area (TPSA) is 66.4 Å². The van der Waals surface area contributed by atoms with Gasteiger partial charge in [-0.2, -0.15) is 11.3 Å². The fourth-order valence-corrected chi connectivity index (χ4v) is 2.23. The Bertz CT molecular complexity index is 362. The van der Waals surface area contributed by atoms with Gasteiger partial charge in [-0.3, -0.25) is 9.59 Å². The maximum atomic E-state index is 11.5. The Balaban J connectivity index is 2.19. The SMILES string of the molecule is CC(NC(=O)CCCCC(=O)O)c1ccsc1. The summed E-state index contributed by atoms with van der Waals surface area (Å²) in [5, 5.41) is 15.3. The van der Waals surface area contributed by atoms with Gasteiger partial charge >= 0.3 is 5.97 Å². The third kappa shape index (κ3) is 5.49. The molecule has 0 aliphatic heterocycles. The Kier molecular flexibility index (Phi) is 5.69. The van der Waals surface area contributed by atoms with Crippen molar-refractivity contribution >= 4 is 23.2 Å². The highest BCUT2D eigenvalue weighted by Crippen LogP contribution is 2.15. The summed E-state index contributed by atoms with van der Waals surface area (Å²) in [6.07, 6.45) is 1.69. The lowest BCUT2D eigenvalue weighted by Gasteiger charge is -2.12. The van der Waals surface area contributed by atoms with Crippen LogP contribution in [0.15, 0.2) is 16.8 Å². The fourth-order valence-electron chi connectivity index (χ4n) is 1.48. The van der Waals surface area contributed by atoms with Gasteiger partial charge in [-0.1, -0.05) is 0 Å². The van der Waals surface area contributed by atoms with Gasteiger partial charge in [0.15, 0.2) is 0 Å². The zero-order valence-corrected chi connectivity index (χ0v) is 10.6. The van der Waals surface area contributed by atoms with Crippen LogP contribution in [-0.4, -0.2) is 17.0 Å². The molecule has 0 aliphatic rings. The van der Waals surface area contributed by atoms with Gasteiger partial charge < -0.3 is 10.4 Å². The van der Waals surface area contributed by atoms with Crippen LogP contribution < -0.4 is 5.32 Å². The number of hydrogen-bond acceptors (Lipinski definition) is 3. The van der Waals surface area contributed by atoms with E-state index in [1.54, 1.807) is 11.3 Å². The van der Waals surface area contributed by atoms with E-state index in [4.69, 9.17) is 5.11 Å². The Labute approximate surface area is 105 Å². The van der Waals surface area contributed by atoms with E-state index in [1.807, 2.05) is 23.8 Å². The number of nitrogens with one attached hydrogen (secondary N) is 1. The van der Waals surface area contributed by atoms with Crippen molar-refractivity contribution in [3.63, 3.8) is 0 Å². The van der Waals surface area contributed by atoms with Gasteiger partial charge in [0.05, 0.1) is 6.04 Å². The molecular formula is C12H17NO3S. The molecule has 1 aromatic heterocycles. The second kappa shape index (κ2) is 7.06. The molecule has 1 atom stereocenters. The number of carboxylic acid groups (broad SMARTS) is 1. The number of thiophene rings is 1. The maximum Gasteiger partial charge on any atom is 0.303 e. The van der Waals surface area contributed by atoms with E-state index < -0.39 is 5.97 Å². The van der Waals surface area contributed by atoms with E-state index >= 15 is 0 Å². The summed E-state index contributed by atoms with van der Waals surface area (Å²) < 4.78 is 0. The van der Waals surface area contributed by atoms with Crippen molar-refractivity contribution in [2.24, 2.45) is 0 Å². The first kappa shape index (κ1) is 13.7. The first-order valence-electron chi connectivity index (χ1n) is 5.63. The predicted molar refractivity (Wildman–Crippen MR) is 67.0 cm³/mol. The van der Waals surface area contributed by atoms with Gasteiger partial charge in [0, 0.05) is 12.8 Å². The van der Waals surface area contributed by atoms with Crippen LogP contribution in [-0.2, 0) is 9.59 Å². The largest absolute Gasteiger partial charge is 0.481 e. The summed E-state index contributed by atoms with van der Waals surface area (Å²) in [6, 6.07) is 2.01. The average molecular weight is 255 g/mol. The van der Waals surface area contributed by atoms with Crippen molar-refractivity contribution in [3.05, 3.63) is 22.4 Å². The van der Waals surface area contributed by atoms with Crippen LogP contribution in [0.5, 0.6) is 0 Å². The highest BCUT2D eigenvalue weighted by molar-refractivity contribution is 7.07. The molecule has 94 valence electrons. The lowest BCUT2D eigenvalue weighted by atomic mass is 10.1. The molecule has 1 rings (SSSR count). The van der Waals surface area contributed by atoms with Gasteiger partial charge in [0.25, 0.3) is 0 Å². The quantitative estimate of drug-likeness (QED) is 0.736. The molecule has 0 spiro atoms. The summed E-state index contributed by atoms with van der Waals surface area (Å²) in [4.78, 5) is 21.8. The minimum atomic E-state index is -0.808. The van der Waals surface area contributed by atoms with Crippen molar-refractivity contribution in [3.8, 4) is 0 Å². The molecule has 1 amide bonds. The number of carbonyl (C=O) groups excluding carboxylic acids is 1. The maximum absolute atomic E-state index is 11.5. The molecule has 1 unspecified atom stereocenters.